The summed E-state index contributed by atoms with van der Waals surface area (Å²) in [6.07, 6.45) is 5.00. The van der Waals surface area contributed by atoms with Gasteiger partial charge in [0.05, 0.1) is 16.1 Å². The number of aromatic nitrogens is 2. The highest BCUT2D eigenvalue weighted by Crippen LogP contribution is 2.28. The third kappa shape index (κ3) is 3.41. The molecule has 25 heavy (non-hydrogen) atoms. The number of hydrogen-bond acceptors (Lipinski definition) is 5. The van der Waals surface area contributed by atoms with Crippen molar-refractivity contribution in [2.45, 2.75) is 0 Å². The number of rotatable bonds is 2. The minimum Gasteiger partial charge on any atom is -0.300 e. The van der Waals surface area contributed by atoms with Gasteiger partial charge in [-0.3, -0.25) is 4.79 Å². The predicted octanol–water partition coefficient (Wildman–Crippen LogP) is 3.66. The van der Waals surface area contributed by atoms with E-state index in [-0.39, 0.29) is 11.7 Å². The van der Waals surface area contributed by atoms with Crippen molar-refractivity contribution in [1.29, 1.82) is 0 Å². The number of amides is 1. The molecule has 1 aromatic heterocycles. The van der Waals surface area contributed by atoms with Crippen molar-refractivity contribution in [3.05, 3.63) is 71.3 Å². The number of aliphatic imine (C=N–C) groups is 1. The lowest BCUT2D eigenvalue weighted by Crippen LogP contribution is -2.19. The number of carbonyl (C=O) groups excluding carboxylic acids is 1. The third-order valence-electron chi connectivity index (χ3n) is 3.52. The number of amidine groups is 1. The standard InChI is InChI=1S/C18H11FN4OS/c19-13-2-1-3-14(8-13)22-18-23-17(24)16(25-18)7-11-4-5-15-12(6-11)9-20-10-21-15/h1-10H,(H,22,23,24). The lowest BCUT2D eigenvalue weighted by atomic mass is 10.1. The summed E-state index contributed by atoms with van der Waals surface area (Å²) in [5.41, 5.74) is 2.16. The van der Waals surface area contributed by atoms with Crippen molar-refractivity contribution >= 4 is 45.5 Å². The van der Waals surface area contributed by atoms with Crippen LogP contribution in [0.3, 0.4) is 0 Å². The largest absolute Gasteiger partial charge is 0.300 e. The summed E-state index contributed by atoms with van der Waals surface area (Å²) in [6, 6.07) is 11.6. The smallest absolute Gasteiger partial charge is 0.264 e. The van der Waals surface area contributed by atoms with Gasteiger partial charge in [0.2, 0.25) is 0 Å². The van der Waals surface area contributed by atoms with Crippen LogP contribution in [0.2, 0.25) is 0 Å². The number of hydrogen-bond donors (Lipinski definition) is 1. The predicted molar refractivity (Wildman–Crippen MR) is 96.7 cm³/mol. The number of halogens is 1. The van der Waals surface area contributed by atoms with Crippen molar-refractivity contribution < 1.29 is 9.18 Å². The SMILES string of the molecule is O=C1NC(=Nc2cccc(F)c2)SC1=Cc1ccc2ncncc2c1. The normalized spacial score (nSPS) is 17.4. The van der Waals surface area contributed by atoms with Crippen LogP contribution in [0.4, 0.5) is 10.1 Å². The molecule has 7 heteroatoms. The van der Waals surface area contributed by atoms with Crippen LogP contribution in [-0.2, 0) is 4.79 Å². The Kier molecular flexibility index (Phi) is 3.99. The molecule has 1 saturated heterocycles. The zero-order chi connectivity index (χ0) is 17.2. The Morgan fingerprint density at radius 2 is 2.12 bits per heavy atom. The molecule has 122 valence electrons. The van der Waals surface area contributed by atoms with E-state index >= 15 is 0 Å². The average molecular weight is 350 g/mol. The number of benzene rings is 2. The molecule has 2 aromatic carbocycles. The van der Waals surface area contributed by atoms with Crippen LogP contribution in [0.15, 0.2) is 64.9 Å². The highest BCUT2D eigenvalue weighted by Gasteiger charge is 2.23. The molecular weight excluding hydrogens is 339 g/mol. The molecule has 0 atom stereocenters. The maximum absolute atomic E-state index is 13.2. The van der Waals surface area contributed by atoms with E-state index in [0.717, 1.165) is 16.5 Å². The van der Waals surface area contributed by atoms with E-state index in [2.05, 4.69) is 20.3 Å². The summed E-state index contributed by atoms with van der Waals surface area (Å²) < 4.78 is 13.2. The molecule has 0 spiro atoms. The molecule has 5 nitrogen and oxygen atoms in total. The molecule has 1 fully saturated rings. The van der Waals surface area contributed by atoms with Crippen LogP contribution in [-0.4, -0.2) is 21.0 Å². The van der Waals surface area contributed by atoms with Crippen LogP contribution in [0.25, 0.3) is 17.0 Å². The maximum Gasteiger partial charge on any atom is 0.264 e. The van der Waals surface area contributed by atoms with Gasteiger partial charge >= 0.3 is 0 Å². The Morgan fingerprint density at radius 3 is 3.00 bits per heavy atom. The van der Waals surface area contributed by atoms with Crippen LogP contribution >= 0.6 is 11.8 Å². The van der Waals surface area contributed by atoms with Crippen molar-refractivity contribution in [2.75, 3.05) is 0 Å². The number of thioether (sulfide) groups is 1. The van der Waals surface area contributed by atoms with Crippen molar-refractivity contribution in [2.24, 2.45) is 4.99 Å². The minimum atomic E-state index is -0.370. The zero-order valence-corrected chi connectivity index (χ0v) is 13.6. The fourth-order valence-corrected chi connectivity index (χ4v) is 3.23. The van der Waals surface area contributed by atoms with E-state index < -0.39 is 0 Å². The van der Waals surface area contributed by atoms with Gasteiger partial charge in [0, 0.05) is 11.6 Å². The second kappa shape index (κ2) is 6.45. The third-order valence-corrected chi connectivity index (χ3v) is 4.43. The Morgan fingerprint density at radius 1 is 1.20 bits per heavy atom. The first kappa shape index (κ1) is 15.5. The number of nitrogens with zero attached hydrogens (tertiary/aromatic N) is 3. The van der Waals surface area contributed by atoms with Crippen LogP contribution in [0.1, 0.15) is 5.56 Å². The second-order valence-corrected chi connectivity index (χ2v) is 6.33. The summed E-state index contributed by atoms with van der Waals surface area (Å²) in [6.45, 7) is 0. The van der Waals surface area contributed by atoms with Crippen molar-refractivity contribution in [3.63, 3.8) is 0 Å². The van der Waals surface area contributed by atoms with Gasteiger partial charge in [-0.2, -0.15) is 0 Å². The zero-order valence-electron chi connectivity index (χ0n) is 12.8. The van der Waals surface area contributed by atoms with E-state index in [1.807, 2.05) is 18.2 Å². The van der Waals surface area contributed by atoms with Gasteiger partial charge in [0.15, 0.2) is 5.17 Å². The fraction of sp³-hybridized carbons (Fsp3) is 0. The Bertz CT molecular complexity index is 1050. The highest BCUT2D eigenvalue weighted by molar-refractivity contribution is 8.18. The molecule has 0 saturated carbocycles. The lowest BCUT2D eigenvalue weighted by molar-refractivity contribution is -0.115. The molecule has 1 aliphatic heterocycles. The molecular formula is C18H11FN4OS. The monoisotopic (exact) mass is 350 g/mol. The number of fused-ring (bicyclic) bond motifs is 1. The molecule has 1 N–H and O–H groups in total. The van der Waals surface area contributed by atoms with Gasteiger partial charge in [-0.25, -0.2) is 19.4 Å². The molecule has 3 aromatic rings. The molecule has 2 heterocycles. The van der Waals surface area contributed by atoms with E-state index in [0.29, 0.717) is 15.8 Å². The first-order valence-corrected chi connectivity index (χ1v) is 8.24. The topological polar surface area (TPSA) is 67.2 Å². The van der Waals surface area contributed by atoms with Crippen molar-refractivity contribution in [1.82, 2.24) is 15.3 Å². The highest BCUT2D eigenvalue weighted by atomic mass is 32.2. The maximum atomic E-state index is 13.2. The van der Waals surface area contributed by atoms with E-state index in [1.54, 1.807) is 24.4 Å². The summed E-state index contributed by atoms with van der Waals surface area (Å²) in [7, 11) is 0. The molecule has 0 radical (unpaired) electrons. The van der Waals surface area contributed by atoms with Gasteiger partial charge in [-0.1, -0.05) is 12.1 Å². The van der Waals surface area contributed by atoms with E-state index in [9.17, 15) is 9.18 Å². The lowest BCUT2D eigenvalue weighted by Gasteiger charge is -1.98. The Hall–Kier alpha value is -3.06. The van der Waals surface area contributed by atoms with Gasteiger partial charge in [-0.15, -0.1) is 0 Å². The van der Waals surface area contributed by atoms with Gasteiger partial charge in [-0.05, 0) is 53.7 Å². The van der Waals surface area contributed by atoms with Gasteiger partial charge < -0.3 is 5.32 Å². The summed E-state index contributed by atoms with van der Waals surface area (Å²) in [5, 5.41) is 4.01. The van der Waals surface area contributed by atoms with E-state index in [4.69, 9.17) is 0 Å². The Labute approximate surface area is 146 Å². The molecule has 1 amide bonds. The van der Waals surface area contributed by atoms with Gasteiger partial charge in [0.25, 0.3) is 5.91 Å². The molecule has 1 aliphatic rings. The summed E-state index contributed by atoms with van der Waals surface area (Å²) in [4.78, 5) is 25.1. The Balaban J connectivity index is 1.62. The molecule has 0 bridgehead atoms. The molecule has 0 aliphatic carbocycles. The first-order chi connectivity index (χ1) is 12.2. The van der Waals surface area contributed by atoms with Crippen molar-refractivity contribution in [3.8, 4) is 0 Å². The average Bonchev–Trinajstić information content (AvgIpc) is 2.94. The number of carbonyl (C=O) groups is 1. The number of nitrogens with one attached hydrogen (secondary N) is 1. The second-order valence-electron chi connectivity index (χ2n) is 5.30. The van der Waals surface area contributed by atoms with Crippen LogP contribution in [0, 0.1) is 5.82 Å². The first-order valence-electron chi connectivity index (χ1n) is 7.42. The van der Waals surface area contributed by atoms with Crippen LogP contribution in [0.5, 0.6) is 0 Å². The summed E-state index contributed by atoms with van der Waals surface area (Å²) in [5.74, 6) is -0.602. The quantitative estimate of drug-likeness (QED) is 0.716. The minimum absolute atomic E-state index is 0.232. The fourth-order valence-electron chi connectivity index (χ4n) is 2.39. The molecule has 0 unspecified atom stereocenters. The van der Waals surface area contributed by atoms with Crippen LogP contribution < -0.4 is 5.32 Å². The summed E-state index contributed by atoms with van der Waals surface area (Å²) >= 11 is 1.22. The molecule has 4 rings (SSSR count). The van der Waals surface area contributed by atoms with E-state index in [1.165, 1.54) is 30.2 Å². The van der Waals surface area contributed by atoms with Gasteiger partial charge in [0.1, 0.15) is 12.1 Å².